The lowest BCUT2D eigenvalue weighted by atomic mass is 10.1. The summed E-state index contributed by atoms with van der Waals surface area (Å²) in [6.07, 6.45) is 5.29. The number of rotatable bonds is 0. The van der Waals surface area contributed by atoms with Crippen molar-refractivity contribution in [2.45, 2.75) is 33.1 Å². The zero-order chi connectivity index (χ0) is 8.27. The Morgan fingerprint density at radius 1 is 1.36 bits per heavy atom. The summed E-state index contributed by atoms with van der Waals surface area (Å²) in [5.74, 6) is 0. The molecule has 0 bridgehead atoms. The number of allylic oxidation sites excluding steroid dienone is 3. The molecule has 0 saturated carbocycles. The Morgan fingerprint density at radius 2 is 2.09 bits per heavy atom. The van der Waals surface area contributed by atoms with Gasteiger partial charge in [0.2, 0.25) is 0 Å². The molecule has 1 heterocycles. The molecule has 1 nitrogen and oxygen atoms in total. The van der Waals surface area contributed by atoms with Crippen LogP contribution in [0.25, 0.3) is 0 Å². The van der Waals surface area contributed by atoms with Crippen LogP contribution in [-0.2, 0) is 0 Å². The summed E-state index contributed by atoms with van der Waals surface area (Å²) in [6.45, 7) is 7.96. The molecule has 0 N–H and O–H groups in total. The second-order valence-corrected chi connectivity index (χ2v) is 2.54. The molecule has 2 aliphatic rings. The molecule has 0 radical (unpaired) electrons. The Bertz CT molecular complexity index is 221. The van der Waals surface area contributed by atoms with E-state index in [1.54, 1.807) is 0 Å². The maximum Gasteiger partial charge on any atom is 0.0441 e. The fraction of sp³-hybridized carbons (Fsp3) is 0.500. The highest BCUT2D eigenvalue weighted by Crippen LogP contribution is 2.35. The summed E-state index contributed by atoms with van der Waals surface area (Å²) in [4.78, 5) is 4.24. The molecule has 0 saturated heterocycles. The van der Waals surface area contributed by atoms with Gasteiger partial charge in [0.1, 0.15) is 0 Å². The summed E-state index contributed by atoms with van der Waals surface area (Å²) in [5, 5.41) is 0. The Kier molecular flexibility index (Phi) is 2.64. The SMILES string of the molecule is C=C1CCC2=C1CC=N2.CC. The van der Waals surface area contributed by atoms with Gasteiger partial charge >= 0.3 is 0 Å². The molecule has 0 atom stereocenters. The molecule has 1 aliphatic heterocycles. The monoisotopic (exact) mass is 149 g/mol. The summed E-state index contributed by atoms with van der Waals surface area (Å²) in [5.41, 5.74) is 4.01. The maximum absolute atomic E-state index is 4.24. The molecule has 0 fully saturated rings. The summed E-state index contributed by atoms with van der Waals surface area (Å²) in [7, 11) is 0. The van der Waals surface area contributed by atoms with Crippen molar-refractivity contribution in [2.75, 3.05) is 0 Å². The van der Waals surface area contributed by atoms with Crippen LogP contribution in [-0.4, -0.2) is 6.21 Å². The lowest BCUT2D eigenvalue weighted by Gasteiger charge is -1.93. The van der Waals surface area contributed by atoms with Gasteiger partial charge < -0.3 is 0 Å². The predicted octanol–water partition coefficient (Wildman–Crippen LogP) is 3.09. The first-order valence-electron chi connectivity index (χ1n) is 4.30. The molecular formula is C10H15N. The van der Waals surface area contributed by atoms with Gasteiger partial charge in [-0.1, -0.05) is 20.4 Å². The van der Waals surface area contributed by atoms with E-state index in [0.717, 1.165) is 19.3 Å². The van der Waals surface area contributed by atoms with E-state index in [-0.39, 0.29) is 0 Å². The van der Waals surface area contributed by atoms with Gasteiger partial charge in [0.05, 0.1) is 0 Å². The van der Waals surface area contributed by atoms with Crippen molar-refractivity contribution in [3.8, 4) is 0 Å². The minimum Gasteiger partial charge on any atom is -0.265 e. The van der Waals surface area contributed by atoms with E-state index in [9.17, 15) is 0 Å². The smallest absolute Gasteiger partial charge is 0.0441 e. The van der Waals surface area contributed by atoms with Crippen molar-refractivity contribution >= 4 is 6.21 Å². The third kappa shape index (κ3) is 1.42. The highest BCUT2D eigenvalue weighted by molar-refractivity contribution is 5.71. The lowest BCUT2D eigenvalue weighted by molar-refractivity contribution is 0.996. The Labute approximate surface area is 68.5 Å². The van der Waals surface area contributed by atoms with Gasteiger partial charge in [-0.15, -0.1) is 0 Å². The van der Waals surface area contributed by atoms with Crippen LogP contribution in [0.3, 0.4) is 0 Å². The summed E-state index contributed by atoms with van der Waals surface area (Å²) in [6, 6.07) is 0. The van der Waals surface area contributed by atoms with Gasteiger partial charge in [0.15, 0.2) is 0 Å². The average Bonchev–Trinajstić information content (AvgIpc) is 2.60. The lowest BCUT2D eigenvalue weighted by Crippen LogP contribution is -1.78. The molecule has 0 unspecified atom stereocenters. The zero-order valence-corrected chi connectivity index (χ0v) is 7.35. The standard InChI is InChI=1S/C8H9N.C2H6/c1-6-2-3-8-7(6)4-5-9-8;1-2/h5H,1-4H2;1-2H3. The van der Waals surface area contributed by atoms with Crippen molar-refractivity contribution in [1.82, 2.24) is 0 Å². The third-order valence-corrected chi connectivity index (χ3v) is 1.98. The molecule has 0 aromatic carbocycles. The highest BCUT2D eigenvalue weighted by Gasteiger charge is 2.19. The van der Waals surface area contributed by atoms with Gasteiger partial charge in [-0.05, 0) is 24.0 Å². The van der Waals surface area contributed by atoms with Crippen LogP contribution >= 0.6 is 0 Å². The number of nitrogens with zero attached hydrogens (tertiary/aromatic N) is 1. The van der Waals surface area contributed by atoms with E-state index < -0.39 is 0 Å². The van der Waals surface area contributed by atoms with Gasteiger partial charge in [-0.25, -0.2) is 0 Å². The largest absolute Gasteiger partial charge is 0.265 e. The second kappa shape index (κ2) is 3.51. The normalized spacial score (nSPS) is 20.0. The van der Waals surface area contributed by atoms with Crippen LogP contribution in [0.1, 0.15) is 33.1 Å². The third-order valence-electron chi connectivity index (χ3n) is 1.98. The molecule has 0 aromatic heterocycles. The fourth-order valence-corrected chi connectivity index (χ4v) is 1.43. The van der Waals surface area contributed by atoms with Crippen LogP contribution in [0.5, 0.6) is 0 Å². The molecule has 2 rings (SSSR count). The number of hydrogen-bond donors (Lipinski definition) is 0. The van der Waals surface area contributed by atoms with Crippen molar-refractivity contribution in [2.24, 2.45) is 4.99 Å². The van der Waals surface area contributed by atoms with Crippen molar-refractivity contribution < 1.29 is 0 Å². The predicted molar refractivity (Wildman–Crippen MR) is 49.9 cm³/mol. The summed E-state index contributed by atoms with van der Waals surface area (Å²) < 4.78 is 0. The van der Waals surface area contributed by atoms with E-state index in [4.69, 9.17) is 0 Å². The molecule has 60 valence electrons. The molecule has 11 heavy (non-hydrogen) atoms. The number of aliphatic imine (C=N–C) groups is 1. The Morgan fingerprint density at radius 3 is 2.73 bits per heavy atom. The first kappa shape index (κ1) is 8.25. The van der Waals surface area contributed by atoms with Crippen LogP contribution in [0, 0.1) is 0 Å². The second-order valence-electron chi connectivity index (χ2n) is 2.54. The quantitative estimate of drug-likeness (QED) is 0.502. The first-order valence-corrected chi connectivity index (χ1v) is 4.30. The van der Waals surface area contributed by atoms with Crippen LogP contribution in [0.15, 0.2) is 28.4 Å². The number of hydrogen-bond acceptors (Lipinski definition) is 1. The van der Waals surface area contributed by atoms with Crippen LogP contribution < -0.4 is 0 Å². The van der Waals surface area contributed by atoms with Gasteiger partial charge in [-0.2, -0.15) is 0 Å². The van der Waals surface area contributed by atoms with Gasteiger partial charge in [0, 0.05) is 18.3 Å². The van der Waals surface area contributed by atoms with E-state index in [0.29, 0.717) is 0 Å². The molecular weight excluding hydrogens is 134 g/mol. The fourth-order valence-electron chi connectivity index (χ4n) is 1.43. The van der Waals surface area contributed by atoms with E-state index in [1.807, 2.05) is 20.1 Å². The molecule has 1 heteroatoms. The molecule has 0 amide bonds. The molecule has 1 aliphatic carbocycles. The van der Waals surface area contributed by atoms with E-state index in [2.05, 4.69) is 11.6 Å². The zero-order valence-electron chi connectivity index (χ0n) is 7.35. The summed E-state index contributed by atoms with van der Waals surface area (Å²) >= 11 is 0. The first-order chi connectivity index (χ1) is 5.38. The molecule has 0 spiro atoms. The topological polar surface area (TPSA) is 12.4 Å². The maximum atomic E-state index is 4.24. The van der Waals surface area contributed by atoms with Crippen molar-refractivity contribution in [3.63, 3.8) is 0 Å². The minimum atomic E-state index is 1.04. The van der Waals surface area contributed by atoms with Crippen LogP contribution in [0.2, 0.25) is 0 Å². The Balaban J connectivity index is 0.000000281. The van der Waals surface area contributed by atoms with E-state index in [1.165, 1.54) is 16.8 Å². The minimum absolute atomic E-state index is 1.04. The van der Waals surface area contributed by atoms with Crippen molar-refractivity contribution in [1.29, 1.82) is 0 Å². The van der Waals surface area contributed by atoms with Crippen molar-refractivity contribution in [3.05, 3.63) is 23.4 Å². The van der Waals surface area contributed by atoms with Gasteiger partial charge in [-0.3, -0.25) is 4.99 Å². The highest BCUT2D eigenvalue weighted by atomic mass is 14.8. The Hall–Kier alpha value is -0.850. The van der Waals surface area contributed by atoms with Gasteiger partial charge in [0.25, 0.3) is 0 Å². The molecule has 0 aromatic rings. The van der Waals surface area contributed by atoms with Crippen LogP contribution in [0.4, 0.5) is 0 Å². The average molecular weight is 149 g/mol. The van der Waals surface area contributed by atoms with E-state index >= 15 is 0 Å².